The number of ether oxygens (including phenoxy) is 1. The number of carbonyl (C=O) groups excluding carboxylic acids is 2. The molecule has 2 amide bonds. The molecule has 0 radical (unpaired) electrons. The van der Waals surface area contributed by atoms with Crippen molar-refractivity contribution in [3.63, 3.8) is 0 Å². The van der Waals surface area contributed by atoms with Crippen molar-refractivity contribution in [3.8, 4) is 11.1 Å². The number of nitrogens with zero attached hydrogens (tertiary/aromatic N) is 1. The Hall–Kier alpha value is -3.56. The van der Waals surface area contributed by atoms with Gasteiger partial charge in [-0.3, -0.25) is 9.59 Å². The second kappa shape index (κ2) is 9.29. The molecule has 2 N–H and O–H groups in total. The highest BCUT2D eigenvalue weighted by molar-refractivity contribution is 5.82. The highest BCUT2D eigenvalue weighted by atomic mass is 19.4. The number of benzene rings is 2. The molecule has 170 valence electrons. The Kier molecular flexibility index (Phi) is 6.71. The number of aliphatic carboxylic acids is 1. The van der Waals surface area contributed by atoms with E-state index in [1.165, 1.54) is 0 Å². The van der Waals surface area contributed by atoms with Crippen LogP contribution in [0.3, 0.4) is 0 Å². The third-order valence-electron chi connectivity index (χ3n) is 5.21. The lowest BCUT2D eigenvalue weighted by atomic mass is 9.98. The molecule has 0 heterocycles. The van der Waals surface area contributed by atoms with Gasteiger partial charge in [0.25, 0.3) is 0 Å². The molecule has 10 heteroatoms. The summed E-state index contributed by atoms with van der Waals surface area (Å²) in [6.45, 7) is -0.939. The first-order valence-corrected chi connectivity index (χ1v) is 9.72. The summed E-state index contributed by atoms with van der Waals surface area (Å²) in [7, 11) is 1.07. The molecule has 0 spiro atoms. The van der Waals surface area contributed by atoms with Gasteiger partial charge in [0.05, 0.1) is 6.42 Å². The minimum absolute atomic E-state index is 0.183. The van der Waals surface area contributed by atoms with Crippen LogP contribution in [0.25, 0.3) is 11.1 Å². The number of carbonyl (C=O) groups is 3. The average molecular weight is 450 g/mol. The number of likely N-dealkylation sites (N-methyl/N-ethyl adjacent to an activating group) is 1. The summed E-state index contributed by atoms with van der Waals surface area (Å²) in [4.78, 5) is 35.4. The Morgan fingerprint density at radius 1 is 1.06 bits per heavy atom. The third kappa shape index (κ3) is 5.19. The van der Waals surface area contributed by atoms with E-state index in [9.17, 15) is 27.6 Å². The van der Waals surface area contributed by atoms with Crippen molar-refractivity contribution in [1.29, 1.82) is 0 Å². The monoisotopic (exact) mass is 450 g/mol. The van der Waals surface area contributed by atoms with Crippen LogP contribution in [0, 0.1) is 0 Å². The van der Waals surface area contributed by atoms with Gasteiger partial charge in [-0.15, -0.1) is 0 Å². The van der Waals surface area contributed by atoms with E-state index in [0.717, 1.165) is 29.3 Å². The first-order chi connectivity index (χ1) is 15.1. The fourth-order valence-corrected chi connectivity index (χ4v) is 3.65. The maximum atomic E-state index is 13.3. The molecule has 3 rings (SSSR count). The van der Waals surface area contributed by atoms with Crippen molar-refractivity contribution in [3.05, 3.63) is 59.7 Å². The van der Waals surface area contributed by atoms with Gasteiger partial charge in [0.1, 0.15) is 19.2 Å². The lowest BCUT2D eigenvalue weighted by Gasteiger charge is -2.24. The molecular formula is C22H21F3N2O5. The largest absolute Gasteiger partial charge is 0.480 e. The number of nitrogens with one attached hydrogen (secondary N) is 1. The zero-order chi connectivity index (χ0) is 23.5. The number of halogens is 3. The number of hydrogen-bond donors (Lipinski definition) is 2. The SMILES string of the molecule is CN(CC(=O)O)C(=O)CC(NC(=O)OCC1c2ccccc2-c2ccccc21)C(F)(F)F. The topological polar surface area (TPSA) is 95.9 Å². The predicted octanol–water partition coefficient (Wildman–Crippen LogP) is 3.39. The van der Waals surface area contributed by atoms with E-state index in [-0.39, 0.29) is 12.5 Å². The summed E-state index contributed by atoms with van der Waals surface area (Å²) in [6, 6.07) is 12.5. The molecule has 0 bridgehead atoms. The molecule has 32 heavy (non-hydrogen) atoms. The summed E-state index contributed by atoms with van der Waals surface area (Å²) in [5, 5.41) is 10.4. The maximum Gasteiger partial charge on any atom is 0.409 e. The Balaban J connectivity index is 1.66. The lowest BCUT2D eigenvalue weighted by molar-refractivity contribution is -0.163. The number of carboxylic acid groups (broad SMARTS) is 1. The van der Waals surface area contributed by atoms with Crippen molar-refractivity contribution in [2.75, 3.05) is 20.2 Å². The van der Waals surface area contributed by atoms with E-state index in [4.69, 9.17) is 9.84 Å². The van der Waals surface area contributed by atoms with Gasteiger partial charge in [0, 0.05) is 13.0 Å². The Labute approximate surface area is 181 Å². The molecule has 2 aromatic carbocycles. The Morgan fingerprint density at radius 2 is 1.59 bits per heavy atom. The second-order valence-corrected chi connectivity index (χ2v) is 7.41. The summed E-state index contributed by atoms with van der Waals surface area (Å²) in [5.74, 6) is -2.77. The summed E-state index contributed by atoms with van der Waals surface area (Å²) in [5.41, 5.74) is 3.74. The minimum atomic E-state index is -4.93. The first-order valence-electron chi connectivity index (χ1n) is 9.72. The smallest absolute Gasteiger partial charge is 0.409 e. The van der Waals surface area contributed by atoms with Crippen molar-refractivity contribution in [1.82, 2.24) is 10.2 Å². The van der Waals surface area contributed by atoms with Crippen LogP contribution < -0.4 is 5.32 Å². The third-order valence-corrected chi connectivity index (χ3v) is 5.21. The molecule has 1 aliphatic rings. The number of alkyl halides is 3. The summed E-state index contributed by atoms with van der Waals surface area (Å²) >= 11 is 0. The van der Waals surface area contributed by atoms with Crippen LogP contribution in [0.2, 0.25) is 0 Å². The zero-order valence-electron chi connectivity index (χ0n) is 17.1. The van der Waals surface area contributed by atoms with E-state index >= 15 is 0 Å². The number of amides is 2. The van der Waals surface area contributed by atoms with Crippen LogP contribution in [-0.4, -0.2) is 60.4 Å². The van der Waals surface area contributed by atoms with E-state index in [2.05, 4.69) is 0 Å². The molecule has 0 fully saturated rings. The number of rotatable bonds is 7. The van der Waals surface area contributed by atoms with Gasteiger partial charge in [-0.25, -0.2) is 4.79 Å². The zero-order valence-corrected chi connectivity index (χ0v) is 17.1. The van der Waals surface area contributed by atoms with Gasteiger partial charge in [0.15, 0.2) is 0 Å². The normalized spacial score (nSPS) is 13.6. The molecule has 0 aliphatic heterocycles. The van der Waals surface area contributed by atoms with E-state index in [0.29, 0.717) is 4.90 Å². The number of alkyl carbamates (subject to hydrolysis) is 1. The van der Waals surface area contributed by atoms with Gasteiger partial charge in [-0.1, -0.05) is 48.5 Å². The van der Waals surface area contributed by atoms with Crippen LogP contribution in [0.1, 0.15) is 23.5 Å². The standard InChI is InChI=1S/C22H21F3N2O5/c1-27(11-20(29)30)19(28)10-18(22(23,24)25)26-21(31)32-12-17-15-8-4-2-6-13(15)14-7-3-5-9-16(14)17/h2-9,17-18H,10-12H2,1H3,(H,26,31)(H,29,30). The highest BCUT2D eigenvalue weighted by Crippen LogP contribution is 2.44. The van der Waals surface area contributed by atoms with Gasteiger partial charge < -0.3 is 20.1 Å². The second-order valence-electron chi connectivity index (χ2n) is 7.41. The van der Waals surface area contributed by atoms with Crippen LogP contribution in [0.15, 0.2) is 48.5 Å². The highest BCUT2D eigenvalue weighted by Gasteiger charge is 2.43. The van der Waals surface area contributed by atoms with Crippen molar-refractivity contribution < 1.29 is 37.4 Å². The molecule has 1 atom stereocenters. The van der Waals surface area contributed by atoms with Crippen LogP contribution in [-0.2, 0) is 14.3 Å². The van der Waals surface area contributed by atoms with Gasteiger partial charge in [0.2, 0.25) is 5.91 Å². The molecule has 0 aromatic heterocycles. The van der Waals surface area contributed by atoms with E-state index < -0.39 is 43.2 Å². The van der Waals surface area contributed by atoms with Crippen molar-refractivity contribution in [2.24, 2.45) is 0 Å². The maximum absolute atomic E-state index is 13.3. The van der Waals surface area contributed by atoms with Crippen molar-refractivity contribution in [2.45, 2.75) is 24.6 Å². The molecule has 0 saturated carbocycles. The minimum Gasteiger partial charge on any atom is -0.480 e. The average Bonchev–Trinajstić information content (AvgIpc) is 3.04. The Morgan fingerprint density at radius 3 is 2.09 bits per heavy atom. The van der Waals surface area contributed by atoms with Crippen molar-refractivity contribution >= 4 is 18.0 Å². The number of carboxylic acids is 1. The van der Waals surface area contributed by atoms with Crippen LogP contribution in [0.4, 0.5) is 18.0 Å². The lowest BCUT2D eigenvalue weighted by Crippen LogP contribution is -2.49. The van der Waals surface area contributed by atoms with E-state index in [1.807, 2.05) is 48.5 Å². The number of fused-ring (bicyclic) bond motifs is 3. The quantitative estimate of drug-likeness (QED) is 0.674. The molecule has 7 nitrogen and oxygen atoms in total. The van der Waals surface area contributed by atoms with Gasteiger partial charge >= 0.3 is 18.2 Å². The molecule has 2 aromatic rings. The molecular weight excluding hydrogens is 429 g/mol. The molecule has 0 saturated heterocycles. The van der Waals surface area contributed by atoms with Crippen LogP contribution in [0.5, 0.6) is 0 Å². The molecule has 1 aliphatic carbocycles. The van der Waals surface area contributed by atoms with Gasteiger partial charge in [-0.2, -0.15) is 13.2 Å². The Bertz CT molecular complexity index is 979. The fraction of sp³-hybridized carbons (Fsp3) is 0.318. The summed E-state index contributed by atoms with van der Waals surface area (Å²) in [6.07, 6.45) is -7.38. The van der Waals surface area contributed by atoms with Gasteiger partial charge in [-0.05, 0) is 22.3 Å². The molecule has 1 unspecified atom stereocenters. The van der Waals surface area contributed by atoms with E-state index in [1.54, 1.807) is 5.32 Å². The first kappa shape index (κ1) is 23.1. The summed E-state index contributed by atoms with van der Waals surface area (Å²) < 4.78 is 45.1. The predicted molar refractivity (Wildman–Crippen MR) is 108 cm³/mol. The fourth-order valence-electron chi connectivity index (χ4n) is 3.65. The van der Waals surface area contributed by atoms with Crippen LogP contribution >= 0.6 is 0 Å². The number of hydrogen-bond acceptors (Lipinski definition) is 4.